The summed E-state index contributed by atoms with van der Waals surface area (Å²) in [6, 6.07) is 11.7. The van der Waals surface area contributed by atoms with E-state index >= 15 is 0 Å². The fourth-order valence-corrected chi connectivity index (χ4v) is 4.02. The summed E-state index contributed by atoms with van der Waals surface area (Å²) in [6.45, 7) is 0. The maximum absolute atomic E-state index is 11.9. The van der Waals surface area contributed by atoms with Gasteiger partial charge in [0.2, 0.25) is 0 Å². The van der Waals surface area contributed by atoms with Gasteiger partial charge in [-0.05, 0) is 18.2 Å². The standard InChI is InChI=1S/C16H11ClN4O3S2/c17-12-6-5-11(21(23)24)7-10(12)8-18-20-15(22)9-25-16-19-13-3-1-2-4-14(13)26-16/h1-8H,9H2,(H,20,22). The molecule has 0 saturated carbocycles. The van der Waals surface area contributed by atoms with Crippen molar-refractivity contribution in [2.24, 2.45) is 5.10 Å². The second-order valence-electron chi connectivity index (χ2n) is 4.99. The lowest BCUT2D eigenvalue weighted by atomic mass is 10.2. The van der Waals surface area contributed by atoms with Crippen LogP contribution < -0.4 is 5.43 Å². The van der Waals surface area contributed by atoms with Crippen molar-refractivity contribution in [3.8, 4) is 0 Å². The predicted molar refractivity (Wildman–Crippen MR) is 104 cm³/mol. The van der Waals surface area contributed by atoms with Crippen LogP contribution in [0, 0.1) is 10.1 Å². The average molecular weight is 407 g/mol. The highest BCUT2D eigenvalue weighted by molar-refractivity contribution is 8.01. The maximum atomic E-state index is 11.9. The molecule has 7 nitrogen and oxygen atoms in total. The lowest BCUT2D eigenvalue weighted by Crippen LogP contribution is -2.19. The number of nitro benzene ring substituents is 1. The van der Waals surface area contributed by atoms with Crippen LogP contribution in [0.2, 0.25) is 5.02 Å². The van der Waals surface area contributed by atoms with Gasteiger partial charge in [-0.3, -0.25) is 14.9 Å². The topological polar surface area (TPSA) is 97.5 Å². The van der Waals surface area contributed by atoms with Crippen molar-refractivity contribution in [1.82, 2.24) is 10.4 Å². The van der Waals surface area contributed by atoms with Crippen molar-refractivity contribution >= 4 is 62.7 Å². The van der Waals surface area contributed by atoms with Gasteiger partial charge in [-0.2, -0.15) is 5.10 Å². The second kappa shape index (κ2) is 8.26. The van der Waals surface area contributed by atoms with Gasteiger partial charge in [-0.15, -0.1) is 11.3 Å². The Morgan fingerprint density at radius 2 is 2.19 bits per heavy atom. The molecular formula is C16H11ClN4O3S2. The smallest absolute Gasteiger partial charge is 0.270 e. The molecule has 1 N–H and O–H groups in total. The zero-order valence-electron chi connectivity index (χ0n) is 13.1. The lowest BCUT2D eigenvalue weighted by Gasteiger charge is -1.99. The van der Waals surface area contributed by atoms with Crippen molar-refractivity contribution in [2.45, 2.75) is 4.34 Å². The number of carbonyl (C=O) groups excluding carboxylic acids is 1. The number of nitrogens with one attached hydrogen (secondary N) is 1. The molecule has 0 saturated heterocycles. The normalized spacial score (nSPS) is 11.1. The van der Waals surface area contributed by atoms with Crippen molar-refractivity contribution in [2.75, 3.05) is 5.75 Å². The van der Waals surface area contributed by atoms with Gasteiger partial charge in [0.25, 0.3) is 11.6 Å². The molecule has 0 fully saturated rings. The molecule has 132 valence electrons. The molecule has 0 aliphatic rings. The van der Waals surface area contributed by atoms with Gasteiger partial charge in [0.1, 0.15) is 0 Å². The molecule has 0 spiro atoms. The Morgan fingerprint density at radius 1 is 1.38 bits per heavy atom. The molecule has 3 rings (SSSR count). The highest BCUT2D eigenvalue weighted by Gasteiger charge is 2.09. The van der Waals surface area contributed by atoms with E-state index < -0.39 is 4.92 Å². The van der Waals surface area contributed by atoms with E-state index in [4.69, 9.17) is 11.6 Å². The molecule has 26 heavy (non-hydrogen) atoms. The van der Waals surface area contributed by atoms with Crippen molar-refractivity contribution < 1.29 is 9.72 Å². The molecule has 10 heteroatoms. The van der Waals surface area contributed by atoms with E-state index in [0.717, 1.165) is 14.6 Å². The Hall–Kier alpha value is -2.49. The molecule has 2 aromatic carbocycles. The number of non-ortho nitro benzene ring substituents is 1. The van der Waals surface area contributed by atoms with Gasteiger partial charge in [0.05, 0.1) is 27.1 Å². The third kappa shape index (κ3) is 4.57. The Balaban J connectivity index is 1.56. The Kier molecular flexibility index (Phi) is 5.82. The fraction of sp³-hybridized carbons (Fsp3) is 0.0625. The Bertz CT molecular complexity index is 973. The molecule has 0 radical (unpaired) electrons. The summed E-state index contributed by atoms with van der Waals surface area (Å²) in [6.07, 6.45) is 1.27. The van der Waals surface area contributed by atoms with E-state index in [1.807, 2.05) is 24.3 Å². The van der Waals surface area contributed by atoms with Crippen LogP contribution >= 0.6 is 34.7 Å². The van der Waals surface area contributed by atoms with Gasteiger partial charge in [-0.1, -0.05) is 35.5 Å². The van der Waals surface area contributed by atoms with Gasteiger partial charge in [0, 0.05) is 22.7 Å². The number of hydrogen-bond acceptors (Lipinski definition) is 7. The Morgan fingerprint density at radius 3 is 2.96 bits per heavy atom. The number of nitro groups is 1. The maximum Gasteiger partial charge on any atom is 0.270 e. The van der Waals surface area contributed by atoms with Crippen molar-refractivity contribution in [3.63, 3.8) is 0 Å². The first kappa shape index (κ1) is 18.3. The summed E-state index contributed by atoms with van der Waals surface area (Å²) >= 11 is 8.79. The summed E-state index contributed by atoms with van der Waals surface area (Å²) in [5.41, 5.74) is 3.51. The van der Waals surface area contributed by atoms with Gasteiger partial charge in [0.15, 0.2) is 4.34 Å². The van der Waals surface area contributed by atoms with Crippen molar-refractivity contribution in [1.29, 1.82) is 0 Å². The number of rotatable bonds is 6. The first-order chi connectivity index (χ1) is 12.5. The van der Waals surface area contributed by atoms with Crippen LogP contribution in [0.15, 0.2) is 51.9 Å². The van der Waals surface area contributed by atoms with E-state index in [0.29, 0.717) is 10.6 Å². The molecule has 0 aliphatic heterocycles. The summed E-state index contributed by atoms with van der Waals surface area (Å²) in [5, 5.41) is 14.9. The van der Waals surface area contributed by atoms with Gasteiger partial charge in [-0.25, -0.2) is 10.4 Å². The van der Waals surface area contributed by atoms with Crippen LogP contribution in [-0.4, -0.2) is 27.8 Å². The number of nitrogens with zero attached hydrogens (tertiary/aromatic N) is 3. The first-order valence-electron chi connectivity index (χ1n) is 7.27. The number of fused-ring (bicyclic) bond motifs is 1. The SMILES string of the molecule is O=C(CSc1nc2ccccc2s1)NN=Cc1cc([N+](=O)[O-])ccc1Cl. The molecule has 0 unspecified atom stereocenters. The van der Waals surface area contributed by atoms with E-state index in [2.05, 4.69) is 15.5 Å². The number of benzene rings is 2. The average Bonchev–Trinajstić information content (AvgIpc) is 3.04. The number of hydrazone groups is 1. The molecule has 0 atom stereocenters. The summed E-state index contributed by atoms with van der Waals surface area (Å²) < 4.78 is 1.86. The van der Waals surface area contributed by atoms with Crippen LogP contribution in [-0.2, 0) is 4.79 Å². The molecule has 3 aromatic rings. The zero-order valence-corrected chi connectivity index (χ0v) is 15.5. The highest BCUT2D eigenvalue weighted by atomic mass is 35.5. The number of thiazole rings is 1. The predicted octanol–water partition coefficient (Wildman–Crippen LogP) is 4.10. The molecule has 0 bridgehead atoms. The van der Waals surface area contributed by atoms with Gasteiger partial charge < -0.3 is 0 Å². The summed E-state index contributed by atoms with van der Waals surface area (Å²) in [7, 11) is 0. The minimum Gasteiger partial charge on any atom is -0.272 e. The first-order valence-corrected chi connectivity index (χ1v) is 9.45. The second-order valence-corrected chi connectivity index (χ2v) is 7.65. The van der Waals surface area contributed by atoms with Crippen LogP contribution in [0.25, 0.3) is 10.2 Å². The van der Waals surface area contributed by atoms with Crippen LogP contribution in [0.4, 0.5) is 5.69 Å². The van der Waals surface area contributed by atoms with E-state index in [-0.39, 0.29) is 17.3 Å². The monoisotopic (exact) mass is 406 g/mol. The number of amides is 1. The summed E-state index contributed by atoms with van der Waals surface area (Å²) in [4.78, 5) is 26.5. The number of halogens is 1. The fourth-order valence-electron chi connectivity index (χ4n) is 1.99. The number of carbonyl (C=O) groups is 1. The number of thioether (sulfide) groups is 1. The molecule has 1 heterocycles. The van der Waals surface area contributed by atoms with Crippen LogP contribution in [0.1, 0.15) is 5.56 Å². The number of aromatic nitrogens is 1. The lowest BCUT2D eigenvalue weighted by molar-refractivity contribution is -0.384. The molecule has 1 amide bonds. The van der Waals surface area contributed by atoms with E-state index in [1.165, 1.54) is 47.5 Å². The zero-order chi connectivity index (χ0) is 18.5. The molecule has 0 aliphatic carbocycles. The minimum absolute atomic E-state index is 0.103. The van der Waals surface area contributed by atoms with Gasteiger partial charge >= 0.3 is 0 Å². The van der Waals surface area contributed by atoms with Crippen molar-refractivity contribution in [3.05, 3.63) is 63.2 Å². The van der Waals surface area contributed by atoms with Crippen LogP contribution in [0.3, 0.4) is 0 Å². The number of hydrogen-bond donors (Lipinski definition) is 1. The molecule has 1 aromatic heterocycles. The molecular weight excluding hydrogens is 396 g/mol. The van der Waals surface area contributed by atoms with Crippen LogP contribution in [0.5, 0.6) is 0 Å². The third-order valence-corrected chi connectivity index (χ3v) is 5.71. The number of para-hydroxylation sites is 1. The Labute approximate surface area is 161 Å². The largest absolute Gasteiger partial charge is 0.272 e. The van der Waals surface area contributed by atoms with E-state index in [9.17, 15) is 14.9 Å². The third-order valence-electron chi connectivity index (χ3n) is 3.18. The van der Waals surface area contributed by atoms with E-state index in [1.54, 1.807) is 0 Å². The quantitative estimate of drug-likeness (QED) is 0.287. The minimum atomic E-state index is -0.527. The summed E-state index contributed by atoms with van der Waals surface area (Å²) in [5.74, 6) is -0.160. The highest BCUT2D eigenvalue weighted by Crippen LogP contribution is 2.29.